The van der Waals surface area contributed by atoms with Gasteiger partial charge < -0.3 is 0 Å². The highest BCUT2D eigenvalue weighted by Gasteiger charge is 2.62. The molecule has 4 aliphatic rings. The molecule has 0 unspecified atom stereocenters. The molecule has 1 saturated heterocycles. The lowest BCUT2D eigenvalue weighted by molar-refractivity contribution is -0.122. The Morgan fingerprint density at radius 2 is 1.05 bits per heavy atom. The summed E-state index contributed by atoms with van der Waals surface area (Å²) in [4.78, 5) is 29.9. The molecule has 0 saturated carbocycles. The summed E-state index contributed by atoms with van der Waals surface area (Å²) in [7, 11) is 0. The van der Waals surface area contributed by atoms with Gasteiger partial charge in [0.1, 0.15) is 0 Å². The number of hydrogen-bond donors (Lipinski definition) is 0. The Balaban J connectivity index is 1.58. The molecule has 37 heavy (non-hydrogen) atoms. The smallest absolute Gasteiger partial charge is 0.238 e. The van der Waals surface area contributed by atoms with Crippen molar-refractivity contribution in [2.24, 2.45) is 11.8 Å². The summed E-state index contributed by atoms with van der Waals surface area (Å²) in [5, 5.41) is 0. The van der Waals surface area contributed by atoms with Gasteiger partial charge in [-0.3, -0.25) is 9.59 Å². The Kier molecular flexibility index (Phi) is 5.00. The van der Waals surface area contributed by atoms with E-state index in [1.54, 1.807) is 0 Å². The van der Waals surface area contributed by atoms with Crippen molar-refractivity contribution in [3.63, 3.8) is 0 Å². The molecule has 7 rings (SSSR count). The SMILES string of the molecule is Cc1ccc(N2C(=O)[C@H]3[C@@H]4c5ccc(C(C)(C)C)cc5[C@H](c5ccc(C(C)(C)C)cc54)[C@@H]3C2=O)c(C)c1. The zero-order valence-corrected chi connectivity index (χ0v) is 23.3. The van der Waals surface area contributed by atoms with Gasteiger partial charge in [0, 0.05) is 11.8 Å². The Labute approximate surface area is 220 Å². The zero-order chi connectivity index (χ0) is 26.6. The lowest BCUT2D eigenvalue weighted by Gasteiger charge is -2.47. The Morgan fingerprint density at radius 3 is 1.46 bits per heavy atom. The second-order valence-corrected chi connectivity index (χ2v) is 13.5. The minimum atomic E-state index is -0.367. The lowest BCUT2D eigenvalue weighted by atomic mass is 9.54. The van der Waals surface area contributed by atoms with Crippen LogP contribution in [0.4, 0.5) is 5.69 Å². The molecule has 1 fully saturated rings. The highest BCUT2D eigenvalue weighted by molar-refractivity contribution is 6.23. The van der Waals surface area contributed by atoms with E-state index in [-0.39, 0.29) is 46.3 Å². The van der Waals surface area contributed by atoms with Gasteiger partial charge in [-0.15, -0.1) is 0 Å². The molecular weight excluding hydrogens is 454 g/mol. The highest BCUT2D eigenvalue weighted by Crippen LogP contribution is 2.62. The fourth-order valence-corrected chi connectivity index (χ4v) is 7.00. The first-order valence-corrected chi connectivity index (χ1v) is 13.5. The van der Waals surface area contributed by atoms with Gasteiger partial charge in [0.15, 0.2) is 0 Å². The average molecular weight is 492 g/mol. The van der Waals surface area contributed by atoms with Crippen LogP contribution in [0.25, 0.3) is 0 Å². The quantitative estimate of drug-likeness (QED) is 0.335. The van der Waals surface area contributed by atoms with E-state index in [2.05, 4.69) is 84.0 Å². The lowest BCUT2D eigenvalue weighted by Crippen LogP contribution is -2.42. The van der Waals surface area contributed by atoms with Crippen molar-refractivity contribution in [2.45, 2.75) is 78.1 Å². The van der Waals surface area contributed by atoms with E-state index in [1.165, 1.54) is 38.3 Å². The summed E-state index contributed by atoms with van der Waals surface area (Å²) >= 11 is 0. The van der Waals surface area contributed by atoms with Crippen LogP contribution >= 0.6 is 0 Å². The van der Waals surface area contributed by atoms with E-state index in [0.717, 1.165) is 16.8 Å². The standard InChI is InChI=1S/C34H37NO2/c1-18-9-14-26(19(2)15-18)35-31(36)29-27-23-13-11-21(34(6,7)8)17-25(23)28(30(29)32(35)37)22-12-10-20(16-24(22)27)33(3,4)5/h9-17,27-30H,1-8H3/t27-,28+,29-,30-/m0/s1. The topological polar surface area (TPSA) is 37.4 Å². The van der Waals surface area contributed by atoms with Crippen LogP contribution in [0.15, 0.2) is 54.6 Å². The molecule has 0 N–H and O–H groups in total. The maximum absolute atomic E-state index is 14.2. The Bertz CT molecular complexity index is 1400. The number of carbonyl (C=O) groups excluding carboxylic acids is 2. The molecule has 4 atom stereocenters. The van der Waals surface area contributed by atoms with Crippen LogP contribution in [-0.4, -0.2) is 11.8 Å². The van der Waals surface area contributed by atoms with Gasteiger partial charge in [-0.1, -0.05) is 95.6 Å². The van der Waals surface area contributed by atoms with Crippen molar-refractivity contribution in [2.75, 3.05) is 4.90 Å². The molecule has 3 aliphatic carbocycles. The van der Waals surface area contributed by atoms with E-state index in [0.29, 0.717) is 0 Å². The van der Waals surface area contributed by atoms with Crippen molar-refractivity contribution in [1.29, 1.82) is 0 Å². The molecule has 1 aliphatic heterocycles. The monoisotopic (exact) mass is 491 g/mol. The predicted octanol–water partition coefficient (Wildman–Crippen LogP) is 7.30. The Morgan fingerprint density at radius 1 is 0.595 bits per heavy atom. The number of benzene rings is 3. The molecule has 2 amide bonds. The zero-order valence-electron chi connectivity index (χ0n) is 23.3. The number of rotatable bonds is 1. The number of imide groups is 1. The van der Waals surface area contributed by atoms with E-state index in [4.69, 9.17) is 0 Å². The molecular formula is C34H37NO2. The number of anilines is 1. The largest absolute Gasteiger partial charge is 0.274 e. The second kappa shape index (κ2) is 7.66. The summed E-state index contributed by atoms with van der Waals surface area (Å²) < 4.78 is 0. The van der Waals surface area contributed by atoms with Crippen LogP contribution in [0.1, 0.15) is 97.9 Å². The molecule has 190 valence electrons. The van der Waals surface area contributed by atoms with E-state index in [1.807, 2.05) is 26.0 Å². The first-order valence-electron chi connectivity index (χ1n) is 13.5. The molecule has 0 aromatic heterocycles. The number of aryl methyl sites for hydroxylation is 2. The third-order valence-electron chi connectivity index (χ3n) is 8.96. The molecule has 0 spiro atoms. The fraction of sp³-hybridized carbons (Fsp3) is 0.412. The third-order valence-corrected chi connectivity index (χ3v) is 8.96. The minimum Gasteiger partial charge on any atom is -0.274 e. The number of nitrogens with zero attached hydrogens (tertiary/aromatic N) is 1. The van der Waals surface area contributed by atoms with Crippen molar-refractivity contribution in [3.8, 4) is 0 Å². The van der Waals surface area contributed by atoms with Gasteiger partial charge >= 0.3 is 0 Å². The molecule has 2 bridgehead atoms. The predicted molar refractivity (Wildman–Crippen MR) is 149 cm³/mol. The maximum Gasteiger partial charge on any atom is 0.238 e. The highest BCUT2D eigenvalue weighted by atomic mass is 16.2. The Hall–Kier alpha value is -3.20. The summed E-state index contributed by atoms with van der Waals surface area (Å²) in [5.41, 5.74) is 10.3. The number of carbonyl (C=O) groups is 2. The first kappa shape index (κ1) is 24.2. The van der Waals surface area contributed by atoms with Crippen LogP contribution in [-0.2, 0) is 20.4 Å². The molecule has 1 heterocycles. The van der Waals surface area contributed by atoms with E-state index >= 15 is 0 Å². The van der Waals surface area contributed by atoms with Crippen molar-refractivity contribution < 1.29 is 9.59 Å². The van der Waals surface area contributed by atoms with Crippen molar-refractivity contribution in [1.82, 2.24) is 0 Å². The second-order valence-electron chi connectivity index (χ2n) is 13.5. The van der Waals surface area contributed by atoms with Gasteiger partial charge in [0.2, 0.25) is 11.8 Å². The van der Waals surface area contributed by atoms with Gasteiger partial charge in [-0.05, 0) is 69.7 Å². The maximum atomic E-state index is 14.2. The van der Waals surface area contributed by atoms with E-state index < -0.39 is 0 Å². The molecule has 0 radical (unpaired) electrons. The van der Waals surface area contributed by atoms with Crippen molar-refractivity contribution >= 4 is 17.5 Å². The van der Waals surface area contributed by atoms with Crippen LogP contribution in [0.2, 0.25) is 0 Å². The van der Waals surface area contributed by atoms with Crippen molar-refractivity contribution in [3.05, 3.63) is 99.1 Å². The van der Waals surface area contributed by atoms with Gasteiger partial charge in [-0.25, -0.2) is 4.90 Å². The summed E-state index contributed by atoms with van der Waals surface area (Å²) in [6.45, 7) is 17.4. The summed E-state index contributed by atoms with van der Waals surface area (Å²) in [5.74, 6) is -1.04. The van der Waals surface area contributed by atoms with Crippen LogP contribution in [0.5, 0.6) is 0 Å². The van der Waals surface area contributed by atoms with Gasteiger partial charge in [-0.2, -0.15) is 0 Å². The summed E-state index contributed by atoms with van der Waals surface area (Å²) in [6.07, 6.45) is 0. The fourth-order valence-electron chi connectivity index (χ4n) is 7.00. The van der Waals surface area contributed by atoms with Crippen LogP contribution < -0.4 is 4.90 Å². The van der Waals surface area contributed by atoms with E-state index in [9.17, 15) is 9.59 Å². The van der Waals surface area contributed by atoms with Crippen LogP contribution in [0.3, 0.4) is 0 Å². The first-order chi connectivity index (χ1) is 17.3. The molecule has 3 aromatic carbocycles. The number of amides is 2. The molecule has 3 heteroatoms. The van der Waals surface area contributed by atoms with Gasteiger partial charge in [0.25, 0.3) is 0 Å². The number of hydrogen-bond acceptors (Lipinski definition) is 2. The van der Waals surface area contributed by atoms with Crippen LogP contribution in [0, 0.1) is 25.7 Å². The summed E-state index contributed by atoms with van der Waals surface area (Å²) in [6, 6.07) is 19.6. The molecule has 3 nitrogen and oxygen atoms in total. The minimum absolute atomic E-state index is 0.00456. The van der Waals surface area contributed by atoms with Gasteiger partial charge in [0.05, 0.1) is 17.5 Å². The third kappa shape index (κ3) is 3.39. The normalized spacial score (nSPS) is 24.3. The molecule has 3 aromatic rings. The average Bonchev–Trinajstić information content (AvgIpc) is 3.08.